The summed E-state index contributed by atoms with van der Waals surface area (Å²) in [6.07, 6.45) is 3.75. The maximum Gasteiger partial charge on any atom is 0.261 e. The molecule has 1 heterocycles. The fraction of sp³-hybridized carbons (Fsp3) is 0.474. The molecule has 144 valence electrons. The minimum absolute atomic E-state index is 0.0249. The molecule has 27 heavy (non-hydrogen) atoms. The zero-order valence-corrected chi connectivity index (χ0v) is 15.8. The van der Waals surface area contributed by atoms with Crippen molar-refractivity contribution < 1.29 is 19.2 Å². The number of thioether (sulfide) groups is 1. The first-order valence-electron chi connectivity index (χ1n) is 9.15. The van der Waals surface area contributed by atoms with Crippen molar-refractivity contribution in [2.24, 2.45) is 0 Å². The molecule has 1 saturated carbocycles. The second-order valence-electron chi connectivity index (χ2n) is 6.70. The highest BCUT2D eigenvalue weighted by molar-refractivity contribution is 8.00. The number of carbonyl (C=O) groups excluding carboxylic acids is 4. The largest absolute Gasteiger partial charge is 0.355 e. The molecule has 1 fully saturated rings. The summed E-state index contributed by atoms with van der Waals surface area (Å²) in [5.41, 5.74) is 0.867. The van der Waals surface area contributed by atoms with Crippen molar-refractivity contribution >= 4 is 35.4 Å². The predicted molar refractivity (Wildman–Crippen MR) is 103 cm³/mol. The highest BCUT2D eigenvalue weighted by Crippen LogP contribution is 2.22. The van der Waals surface area contributed by atoms with E-state index in [0.717, 1.165) is 12.8 Å². The van der Waals surface area contributed by atoms with E-state index >= 15 is 0 Å². The molecule has 0 radical (unpaired) electrons. The van der Waals surface area contributed by atoms with E-state index in [0.29, 0.717) is 30.1 Å². The molecule has 3 rings (SSSR count). The van der Waals surface area contributed by atoms with E-state index in [2.05, 4.69) is 10.6 Å². The van der Waals surface area contributed by atoms with Crippen LogP contribution < -0.4 is 10.6 Å². The topological polar surface area (TPSA) is 95.6 Å². The van der Waals surface area contributed by atoms with Crippen molar-refractivity contribution in [2.75, 3.05) is 24.6 Å². The van der Waals surface area contributed by atoms with Crippen LogP contribution in [-0.4, -0.2) is 59.2 Å². The normalized spacial score (nSPS) is 16.1. The van der Waals surface area contributed by atoms with E-state index in [9.17, 15) is 19.2 Å². The Bertz CT molecular complexity index is 713. The van der Waals surface area contributed by atoms with Gasteiger partial charge in [0.2, 0.25) is 11.8 Å². The summed E-state index contributed by atoms with van der Waals surface area (Å²) in [5, 5.41) is 5.68. The summed E-state index contributed by atoms with van der Waals surface area (Å²) < 4.78 is 0. The molecule has 2 aliphatic rings. The van der Waals surface area contributed by atoms with Crippen molar-refractivity contribution in [1.82, 2.24) is 15.5 Å². The van der Waals surface area contributed by atoms with Gasteiger partial charge in [-0.15, -0.1) is 11.8 Å². The van der Waals surface area contributed by atoms with Crippen LogP contribution in [0.4, 0.5) is 0 Å². The molecule has 7 nitrogen and oxygen atoms in total. The smallest absolute Gasteiger partial charge is 0.261 e. The van der Waals surface area contributed by atoms with Gasteiger partial charge in [0.15, 0.2) is 0 Å². The van der Waals surface area contributed by atoms with Crippen molar-refractivity contribution in [1.29, 1.82) is 0 Å². The third-order valence-corrected chi connectivity index (χ3v) is 5.63. The number of nitrogens with one attached hydrogen (secondary N) is 2. The van der Waals surface area contributed by atoms with E-state index in [1.165, 1.54) is 23.1 Å². The van der Waals surface area contributed by atoms with Gasteiger partial charge < -0.3 is 10.6 Å². The molecule has 0 unspecified atom stereocenters. The predicted octanol–water partition coefficient (Wildman–Crippen LogP) is 1.19. The Morgan fingerprint density at radius 2 is 1.67 bits per heavy atom. The lowest BCUT2D eigenvalue weighted by Crippen LogP contribution is -2.40. The Labute approximate surface area is 162 Å². The van der Waals surface area contributed by atoms with Crippen LogP contribution in [0, 0.1) is 0 Å². The summed E-state index contributed by atoms with van der Waals surface area (Å²) in [6.45, 7) is 0.643. The molecule has 8 heteroatoms. The van der Waals surface area contributed by atoms with Gasteiger partial charge in [-0.3, -0.25) is 24.1 Å². The fourth-order valence-corrected chi connectivity index (χ4v) is 3.67. The average molecular weight is 389 g/mol. The van der Waals surface area contributed by atoms with Crippen molar-refractivity contribution in [2.45, 2.75) is 31.7 Å². The number of rotatable bonds is 9. The van der Waals surface area contributed by atoms with E-state index in [1.54, 1.807) is 24.3 Å². The van der Waals surface area contributed by atoms with Gasteiger partial charge in [0, 0.05) is 19.1 Å². The van der Waals surface area contributed by atoms with Crippen LogP contribution in [0.1, 0.15) is 46.4 Å². The lowest BCUT2D eigenvalue weighted by atomic mass is 9.93. The zero-order valence-electron chi connectivity index (χ0n) is 15.0. The van der Waals surface area contributed by atoms with E-state index in [4.69, 9.17) is 0 Å². The number of carbonyl (C=O) groups is 4. The molecule has 0 aromatic heterocycles. The molecule has 2 N–H and O–H groups in total. The first-order chi connectivity index (χ1) is 13.1. The minimum Gasteiger partial charge on any atom is -0.355 e. The fourth-order valence-electron chi connectivity index (χ4n) is 3.02. The summed E-state index contributed by atoms with van der Waals surface area (Å²) in [7, 11) is 0. The Balaban J connectivity index is 1.29. The lowest BCUT2D eigenvalue weighted by Gasteiger charge is -2.26. The maximum atomic E-state index is 12.2. The van der Waals surface area contributed by atoms with Crippen LogP contribution in [0.3, 0.4) is 0 Å². The first-order valence-corrected chi connectivity index (χ1v) is 10.3. The summed E-state index contributed by atoms with van der Waals surface area (Å²) in [4.78, 5) is 49.1. The molecule has 0 atom stereocenters. The van der Waals surface area contributed by atoms with Crippen molar-refractivity contribution in [3.8, 4) is 0 Å². The Hall–Kier alpha value is -2.35. The standard InChI is InChI=1S/C19H23N3O4S/c23-16(11-27-12-17(24)21-13-5-3-6-13)20-9-4-10-22-18(25)14-7-1-2-8-15(14)19(22)26/h1-2,7-8,13H,3-6,9-12H2,(H,20,23)(H,21,24). The molecule has 1 aliphatic heterocycles. The van der Waals surface area contributed by atoms with Gasteiger partial charge in [-0.1, -0.05) is 12.1 Å². The van der Waals surface area contributed by atoms with Gasteiger partial charge in [-0.25, -0.2) is 0 Å². The average Bonchev–Trinajstić information content (AvgIpc) is 2.87. The molecule has 1 aromatic carbocycles. The number of hydrogen-bond donors (Lipinski definition) is 2. The van der Waals surface area contributed by atoms with Crippen LogP contribution in [0.15, 0.2) is 24.3 Å². The first kappa shape index (κ1) is 19.4. The molecule has 0 bridgehead atoms. The molecule has 1 aromatic rings. The van der Waals surface area contributed by atoms with Gasteiger partial charge in [-0.05, 0) is 37.8 Å². The lowest BCUT2D eigenvalue weighted by molar-refractivity contribution is -0.119. The quantitative estimate of drug-likeness (QED) is 0.489. The third-order valence-electron chi connectivity index (χ3n) is 4.70. The zero-order chi connectivity index (χ0) is 19.2. The van der Waals surface area contributed by atoms with Gasteiger partial charge >= 0.3 is 0 Å². The molecular formula is C19H23N3O4S. The van der Waals surface area contributed by atoms with Crippen LogP contribution in [0.25, 0.3) is 0 Å². The van der Waals surface area contributed by atoms with Crippen LogP contribution in [0.2, 0.25) is 0 Å². The molecule has 1 aliphatic carbocycles. The number of benzene rings is 1. The molecule has 0 spiro atoms. The Kier molecular flexibility index (Phi) is 6.49. The number of hydrogen-bond acceptors (Lipinski definition) is 5. The van der Waals surface area contributed by atoms with Gasteiger partial charge in [0.05, 0.1) is 22.6 Å². The molecular weight excluding hydrogens is 366 g/mol. The summed E-state index contributed by atoms with van der Waals surface area (Å²) >= 11 is 1.28. The van der Waals surface area contributed by atoms with Crippen molar-refractivity contribution in [3.05, 3.63) is 35.4 Å². The number of imide groups is 1. The van der Waals surface area contributed by atoms with Crippen molar-refractivity contribution in [3.63, 3.8) is 0 Å². The number of fused-ring (bicyclic) bond motifs is 1. The monoisotopic (exact) mass is 389 g/mol. The summed E-state index contributed by atoms with van der Waals surface area (Å²) in [6, 6.07) is 7.08. The minimum atomic E-state index is -0.282. The summed E-state index contributed by atoms with van der Waals surface area (Å²) in [5.74, 6) is -0.254. The van der Waals surface area contributed by atoms with Gasteiger partial charge in [-0.2, -0.15) is 0 Å². The second-order valence-corrected chi connectivity index (χ2v) is 7.68. The van der Waals surface area contributed by atoms with Gasteiger partial charge in [0.25, 0.3) is 11.8 Å². The Morgan fingerprint density at radius 3 is 2.26 bits per heavy atom. The second kappa shape index (κ2) is 9.03. The molecule has 0 saturated heterocycles. The number of nitrogens with zero attached hydrogens (tertiary/aromatic N) is 1. The SMILES string of the molecule is O=C(CSCC(=O)NC1CCC1)NCCCN1C(=O)c2ccccc2C1=O. The third kappa shape index (κ3) is 4.88. The van der Waals surface area contributed by atoms with Gasteiger partial charge in [0.1, 0.15) is 0 Å². The van der Waals surface area contributed by atoms with E-state index in [1.807, 2.05) is 0 Å². The molecule has 4 amide bonds. The van der Waals surface area contributed by atoms with Crippen LogP contribution >= 0.6 is 11.8 Å². The van der Waals surface area contributed by atoms with E-state index < -0.39 is 0 Å². The highest BCUT2D eigenvalue weighted by atomic mass is 32.2. The number of amides is 4. The maximum absolute atomic E-state index is 12.2. The highest BCUT2D eigenvalue weighted by Gasteiger charge is 2.34. The Morgan fingerprint density at radius 1 is 1.04 bits per heavy atom. The van der Waals surface area contributed by atoms with Crippen LogP contribution in [-0.2, 0) is 9.59 Å². The van der Waals surface area contributed by atoms with E-state index in [-0.39, 0.29) is 41.7 Å². The van der Waals surface area contributed by atoms with Crippen LogP contribution in [0.5, 0.6) is 0 Å².